The summed E-state index contributed by atoms with van der Waals surface area (Å²) >= 11 is 0. The van der Waals surface area contributed by atoms with Crippen LogP contribution in [0.25, 0.3) is 10.9 Å². The molecule has 124 valence electrons. The molecule has 1 heterocycles. The molecule has 0 bridgehead atoms. The van der Waals surface area contributed by atoms with Gasteiger partial charge in [-0.15, -0.1) is 0 Å². The second-order valence-corrected chi connectivity index (χ2v) is 6.73. The topological polar surface area (TPSA) is 59.1 Å². The van der Waals surface area contributed by atoms with Gasteiger partial charge in [0.05, 0.1) is 5.52 Å². The summed E-state index contributed by atoms with van der Waals surface area (Å²) in [6.07, 6.45) is 1.45. The van der Waals surface area contributed by atoms with Gasteiger partial charge in [0.15, 0.2) is 17.5 Å². The van der Waals surface area contributed by atoms with Gasteiger partial charge in [-0.1, -0.05) is 24.3 Å². The maximum Gasteiger partial charge on any atom is 0.243 e. The van der Waals surface area contributed by atoms with Gasteiger partial charge in [-0.25, -0.2) is 26.3 Å². The normalized spacial score (nSPS) is 11.8. The van der Waals surface area contributed by atoms with E-state index in [1.54, 1.807) is 24.3 Å². The van der Waals surface area contributed by atoms with E-state index in [1.807, 2.05) is 0 Å². The van der Waals surface area contributed by atoms with Crippen LogP contribution in [0.2, 0.25) is 0 Å². The van der Waals surface area contributed by atoms with Gasteiger partial charge in [0.1, 0.15) is 4.90 Å². The van der Waals surface area contributed by atoms with E-state index < -0.39 is 34.0 Å². The fourth-order valence-corrected chi connectivity index (χ4v) is 3.43. The Kier molecular flexibility index (Phi) is 4.25. The molecule has 0 saturated carbocycles. The summed E-state index contributed by atoms with van der Waals surface area (Å²) in [5.41, 5.74) is -0.0380. The molecule has 2 aromatic carbocycles. The van der Waals surface area contributed by atoms with Crippen molar-refractivity contribution < 1.29 is 21.6 Å². The summed E-state index contributed by atoms with van der Waals surface area (Å²) < 4.78 is 66.8. The summed E-state index contributed by atoms with van der Waals surface area (Å²) in [5.74, 6) is -4.40. The zero-order chi connectivity index (χ0) is 17.3. The Labute approximate surface area is 136 Å². The minimum Gasteiger partial charge on any atom is -0.255 e. The first-order valence-electron chi connectivity index (χ1n) is 6.86. The van der Waals surface area contributed by atoms with Crippen molar-refractivity contribution in [3.63, 3.8) is 0 Å². The summed E-state index contributed by atoms with van der Waals surface area (Å²) in [7, 11) is -4.02. The van der Waals surface area contributed by atoms with Crippen LogP contribution in [-0.4, -0.2) is 13.4 Å². The van der Waals surface area contributed by atoms with Gasteiger partial charge >= 0.3 is 0 Å². The predicted molar refractivity (Wildman–Crippen MR) is 82.1 cm³/mol. The average Bonchev–Trinajstić information content (AvgIpc) is 2.58. The maximum atomic E-state index is 13.6. The summed E-state index contributed by atoms with van der Waals surface area (Å²) in [5, 5.41) is 0.624. The molecule has 0 saturated heterocycles. The van der Waals surface area contributed by atoms with Gasteiger partial charge in [0, 0.05) is 23.7 Å². The van der Waals surface area contributed by atoms with Crippen molar-refractivity contribution in [2.24, 2.45) is 0 Å². The minimum absolute atomic E-state index is 0.0800. The fraction of sp³-hybridized carbons (Fsp3) is 0.0625. The molecule has 0 amide bonds. The van der Waals surface area contributed by atoms with Gasteiger partial charge in [0.25, 0.3) is 0 Å². The van der Waals surface area contributed by atoms with Crippen molar-refractivity contribution in [2.45, 2.75) is 11.4 Å². The zero-order valence-electron chi connectivity index (χ0n) is 12.1. The maximum absolute atomic E-state index is 13.6. The van der Waals surface area contributed by atoms with Gasteiger partial charge in [0.2, 0.25) is 10.0 Å². The SMILES string of the molecule is O=S(=O)(NCc1ccc(F)c(F)c1F)c1cccc2cccnc12. The molecule has 0 atom stereocenters. The Hall–Kier alpha value is -2.45. The largest absolute Gasteiger partial charge is 0.255 e. The van der Waals surface area contributed by atoms with Gasteiger partial charge in [-0.05, 0) is 18.2 Å². The van der Waals surface area contributed by atoms with E-state index in [0.717, 1.165) is 12.1 Å². The van der Waals surface area contributed by atoms with E-state index in [9.17, 15) is 21.6 Å². The number of hydrogen-bond donors (Lipinski definition) is 1. The van der Waals surface area contributed by atoms with Crippen molar-refractivity contribution in [2.75, 3.05) is 0 Å². The van der Waals surface area contributed by atoms with Crippen LogP contribution in [0.3, 0.4) is 0 Å². The summed E-state index contributed by atoms with van der Waals surface area (Å²) in [6.45, 7) is -0.519. The third-order valence-corrected chi connectivity index (χ3v) is 4.89. The van der Waals surface area contributed by atoms with Crippen molar-refractivity contribution in [3.05, 3.63) is 71.7 Å². The number of sulfonamides is 1. The molecule has 3 rings (SSSR count). The van der Waals surface area contributed by atoms with Crippen LogP contribution in [0.5, 0.6) is 0 Å². The zero-order valence-corrected chi connectivity index (χ0v) is 12.9. The summed E-state index contributed by atoms with van der Waals surface area (Å²) in [6, 6.07) is 9.71. The molecule has 0 fully saturated rings. The molecule has 0 spiro atoms. The quantitative estimate of drug-likeness (QED) is 0.734. The lowest BCUT2D eigenvalue weighted by molar-refractivity contribution is 0.440. The average molecular weight is 352 g/mol. The first-order valence-corrected chi connectivity index (χ1v) is 8.34. The van der Waals surface area contributed by atoms with Gasteiger partial charge in [-0.3, -0.25) is 4.98 Å². The summed E-state index contributed by atoms with van der Waals surface area (Å²) in [4.78, 5) is 3.96. The fourth-order valence-electron chi connectivity index (χ4n) is 2.25. The van der Waals surface area contributed by atoms with Crippen molar-refractivity contribution >= 4 is 20.9 Å². The number of nitrogens with one attached hydrogen (secondary N) is 1. The molecule has 4 nitrogen and oxygen atoms in total. The first kappa shape index (κ1) is 16.4. The molecular weight excluding hydrogens is 341 g/mol. The molecule has 0 radical (unpaired) electrons. The van der Waals surface area contributed by atoms with Crippen molar-refractivity contribution in [3.8, 4) is 0 Å². The molecule has 0 aliphatic rings. The van der Waals surface area contributed by atoms with Crippen LogP contribution in [0.1, 0.15) is 5.56 Å². The highest BCUT2D eigenvalue weighted by Gasteiger charge is 2.20. The number of benzene rings is 2. The Balaban J connectivity index is 1.93. The third-order valence-electron chi connectivity index (χ3n) is 3.45. The van der Waals surface area contributed by atoms with Gasteiger partial charge in [-0.2, -0.15) is 0 Å². The molecule has 0 aliphatic carbocycles. The number of fused-ring (bicyclic) bond motifs is 1. The molecule has 3 aromatic rings. The van der Waals surface area contributed by atoms with E-state index >= 15 is 0 Å². The van der Waals surface area contributed by atoms with Gasteiger partial charge < -0.3 is 0 Å². The Morgan fingerprint density at radius 3 is 2.50 bits per heavy atom. The van der Waals surface area contributed by atoms with E-state index in [4.69, 9.17) is 0 Å². The smallest absolute Gasteiger partial charge is 0.243 e. The molecular formula is C16H11F3N2O2S. The van der Waals surface area contributed by atoms with Crippen LogP contribution < -0.4 is 4.72 Å². The molecule has 24 heavy (non-hydrogen) atoms. The van der Waals surface area contributed by atoms with Crippen LogP contribution in [0.15, 0.2) is 53.6 Å². The highest BCUT2D eigenvalue weighted by Crippen LogP contribution is 2.21. The van der Waals surface area contributed by atoms with Crippen molar-refractivity contribution in [1.29, 1.82) is 0 Å². The lowest BCUT2D eigenvalue weighted by Crippen LogP contribution is -2.24. The third kappa shape index (κ3) is 2.98. The number of aromatic nitrogens is 1. The van der Waals surface area contributed by atoms with E-state index in [1.165, 1.54) is 12.3 Å². The van der Waals surface area contributed by atoms with E-state index in [0.29, 0.717) is 5.39 Å². The molecule has 0 unspecified atom stereocenters. The predicted octanol–water partition coefficient (Wildman–Crippen LogP) is 3.13. The number of nitrogens with zero attached hydrogens (tertiary/aromatic N) is 1. The second-order valence-electron chi connectivity index (χ2n) is 4.99. The van der Waals surface area contributed by atoms with E-state index in [2.05, 4.69) is 9.71 Å². The second kappa shape index (κ2) is 6.21. The molecule has 8 heteroatoms. The Morgan fingerprint density at radius 2 is 1.71 bits per heavy atom. The molecule has 1 N–H and O–H groups in total. The standard InChI is InChI=1S/C16H11F3N2O2S/c17-12-7-6-11(14(18)15(12)19)9-21-24(22,23)13-5-1-3-10-4-2-8-20-16(10)13/h1-8,21H,9H2. The van der Waals surface area contributed by atoms with Crippen LogP contribution in [0, 0.1) is 17.5 Å². The van der Waals surface area contributed by atoms with Crippen LogP contribution >= 0.6 is 0 Å². The Bertz CT molecular complexity index is 1020. The van der Waals surface area contributed by atoms with Crippen LogP contribution in [-0.2, 0) is 16.6 Å². The number of rotatable bonds is 4. The van der Waals surface area contributed by atoms with E-state index in [-0.39, 0.29) is 16.0 Å². The number of halogens is 3. The monoisotopic (exact) mass is 352 g/mol. The highest BCUT2D eigenvalue weighted by molar-refractivity contribution is 7.89. The van der Waals surface area contributed by atoms with Crippen LogP contribution in [0.4, 0.5) is 13.2 Å². The lowest BCUT2D eigenvalue weighted by atomic mass is 10.2. The number of pyridine rings is 1. The Morgan fingerprint density at radius 1 is 0.958 bits per heavy atom. The van der Waals surface area contributed by atoms with Crippen molar-refractivity contribution in [1.82, 2.24) is 9.71 Å². The highest BCUT2D eigenvalue weighted by atomic mass is 32.2. The number of hydrogen-bond acceptors (Lipinski definition) is 3. The first-order chi connectivity index (χ1) is 11.4. The minimum atomic E-state index is -4.02. The lowest BCUT2D eigenvalue weighted by Gasteiger charge is -2.10. The molecule has 0 aliphatic heterocycles. The molecule has 1 aromatic heterocycles. The number of para-hydroxylation sites is 1.